The van der Waals surface area contributed by atoms with E-state index in [1.165, 1.54) is 12.1 Å². The van der Waals surface area contributed by atoms with E-state index in [4.69, 9.17) is 4.74 Å². The van der Waals surface area contributed by atoms with E-state index in [9.17, 15) is 13.2 Å². The number of benzene rings is 3. The minimum absolute atomic E-state index is 0.128. The minimum Gasteiger partial charge on any atom is -0.483 e. The lowest BCUT2D eigenvalue weighted by Gasteiger charge is -2.14. The van der Waals surface area contributed by atoms with Gasteiger partial charge in [0.15, 0.2) is 6.61 Å². The van der Waals surface area contributed by atoms with E-state index in [1.807, 2.05) is 54.6 Å². The van der Waals surface area contributed by atoms with Crippen LogP contribution in [0.1, 0.15) is 30.9 Å². The van der Waals surface area contributed by atoms with Crippen LogP contribution in [0, 0.1) is 0 Å². The molecule has 0 radical (unpaired) electrons. The van der Waals surface area contributed by atoms with Crippen molar-refractivity contribution in [1.29, 1.82) is 0 Å². The molecule has 0 unspecified atom stereocenters. The SMILES string of the molecule is CC(C)c1ccccc1OCC(=O)Nc1ccc(S(=O)(=O)NCc2ccccc2)cc1. The van der Waals surface area contributed by atoms with Crippen LogP contribution in [0.5, 0.6) is 5.75 Å². The van der Waals surface area contributed by atoms with E-state index in [2.05, 4.69) is 23.9 Å². The van der Waals surface area contributed by atoms with Gasteiger partial charge in [-0.1, -0.05) is 62.4 Å². The predicted molar refractivity (Wildman–Crippen MR) is 122 cm³/mol. The van der Waals surface area contributed by atoms with Crippen LogP contribution in [-0.4, -0.2) is 20.9 Å². The van der Waals surface area contributed by atoms with Gasteiger partial charge in [0.05, 0.1) is 4.90 Å². The Hall–Kier alpha value is -3.16. The third-order valence-electron chi connectivity index (χ3n) is 4.66. The highest BCUT2D eigenvalue weighted by molar-refractivity contribution is 7.89. The zero-order valence-electron chi connectivity index (χ0n) is 17.5. The molecule has 0 aliphatic carbocycles. The van der Waals surface area contributed by atoms with Crippen molar-refractivity contribution in [2.45, 2.75) is 31.2 Å². The summed E-state index contributed by atoms with van der Waals surface area (Å²) in [5.41, 5.74) is 2.40. The van der Waals surface area contributed by atoms with Gasteiger partial charge in [0, 0.05) is 12.2 Å². The number of carbonyl (C=O) groups is 1. The summed E-state index contributed by atoms with van der Waals surface area (Å²) in [6.07, 6.45) is 0. The van der Waals surface area contributed by atoms with E-state index >= 15 is 0 Å². The molecule has 0 heterocycles. The summed E-state index contributed by atoms with van der Waals surface area (Å²) in [5.74, 6) is 0.638. The molecule has 6 nitrogen and oxygen atoms in total. The molecule has 0 spiro atoms. The van der Waals surface area contributed by atoms with Crippen LogP contribution in [0.25, 0.3) is 0 Å². The third kappa shape index (κ3) is 6.41. The Kier molecular flexibility index (Phi) is 7.44. The van der Waals surface area contributed by atoms with Gasteiger partial charge in [0.2, 0.25) is 10.0 Å². The van der Waals surface area contributed by atoms with Crippen molar-refractivity contribution in [2.24, 2.45) is 0 Å². The van der Waals surface area contributed by atoms with Gasteiger partial charge in [-0.15, -0.1) is 0 Å². The van der Waals surface area contributed by atoms with E-state index in [0.29, 0.717) is 11.4 Å². The molecule has 2 N–H and O–H groups in total. The second-order valence-corrected chi connectivity index (χ2v) is 9.13. The molecule has 0 bridgehead atoms. The summed E-state index contributed by atoms with van der Waals surface area (Å²) in [7, 11) is -3.65. The predicted octanol–water partition coefficient (Wildman–Crippen LogP) is 4.31. The number of carbonyl (C=O) groups excluding carboxylic acids is 1. The lowest BCUT2D eigenvalue weighted by atomic mass is 10.0. The topological polar surface area (TPSA) is 84.5 Å². The van der Waals surface area contributed by atoms with Gasteiger partial charge in [-0.05, 0) is 47.4 Å². The van der Waals surface area contributed by atoms with Crippen molar-refractivity contribution in [2.75, 3.05) is 11.9 Å². The second-order valence-electron chi connectivity index (χ2n) is 7.36. The Morgan fingerprint density at radius 1 is 0.903 bits per heavy atom. The highest BCUT2D eigenvalue weighted by atomic mass is 32.2. The number of amides is 1. The fourth-order valence-electron chi connectivity index (χ4n) is 3.00. The molecule has 162 valence electrons. The van der Waals surface area contributed by atoms with Gasteiger partial charge < -0.3 is 10.1 Å². The Labute approximate surface area is 183 Å². The Morgan fingerprint density at radius 3 is 2.23 bits per heavy atom. The zero-order chi connectivity index (χ0) is 22.3. The summed E-state index contributed by atoms with van der Waals surface area (Å²) >= 11 is 0. The molecule has 0 saturated carbocycles. The Balaban J connectivity index is 1.56. The maximum Gasteiger partial charge on any atom is 0.262 e. The summed E-state index contributed by atoms with van der Waals surface area (Å²) in [5, 5.41) is 2.72. The second kappa shape index (κ2) is 10.2. The van der Waals surface area contributed by atoms with Crippen LogP contribution >= 0.6 is 0 Å². The number of para-hydroxylation sites is 1. The Bertz CT molecular complexity index is 1110. The van der Waals surface area contributed by atoms with Crippen molar-refractivity contribution < 1.29 is 17.9 Å². The van der Waals surface area contributed by atoms with Crippen molar-refractivity contribution >= 4 is 21.6 Å². The Morgan fingerprint density at radius 2 is 1.55 bits per heavy atom. The number of nitrogens with one attached hydrogen (secondary N) is 2. The van der Waals surface area contributed by atoms with Crippen LogP contribution in [0.4, 0.5) is 5.69 Å². The van der Waals surface area contributed by atoms with Crippen LogP contribution < -0.4 is 14.8 Å². The maximum atomic E-state index is 12.5. The number of anilines is 1. The van der Waals surface area contributed by atoms with Crippen LogP contribution in [0.15, 0.2) is 83.8 Å². The highest BCUT2D eigenvalue weighted by Crippen LogP contribution is 2.25. The van der Waals surface area contributed by atoms with Gasteiger partial charge in [0.1, 0.15) is 5.75 Å². The fraction of sp³-hybridized carbons (Fsp3) is 0.208. The molecular weight excluding hydrogens is 412 g/mol. The van der Waals surface area contributed by atoms with Crippen LogP contribution in [-0.2, 0) is 21.4 Å². The molecule has 3 aromatic carbocycles. The lowest BCUT2D eigenvalue weighted by molar-refractivity contribution is -0.118. The monoisotopic (exact) mass is 438 g/mol. The number of rotatable bonds is 9. The van der Waals surface area contributed by atoms with Gasteiger partial charge in [-0.25, -0.2) is 13.1 Å². The minimum atomic E-state index is -3.65. The molecule has 0 aromatic heterocycles. The van der Waals surface area contributed by atoms with Gasteiger partial charge >= 0.3 is 0 Å². The van der Waals surface area contributed by atoms with E-state index < -0.39 is 10.0 Å². The van der Waals surface area contributed by atoms with E-state index in [0.717, 1.165) is 11.1 Å². The van der Waals surface area contributed by atoms with Crippen LogP contribution in [0.2, 0.25) is 0 Å². The molecular formula is C24H26N2O4S. The molecule has 0 aliphatic heterocycles. The lowest BCUT2D eigenvalue weighted by Crippen LogP contribution is -2.23. The number of sulfonamides is 1. The van der Waals surface area contributed by atoms with Crippen molar-refractivity contribution in [3.8, 4) is 5.75 Å². The first-order valence-corrected chi connectivity index (χ1v) is 11.5. The van der Waals surface area contributed by atoms with Gasteiger partial charge in [-0.3, -0.25) is 4.79 Å². The molecule has 0 fully saturated rings. The number of hydrogen-bond donors (Lipinski definition) is 2. The normalized spacial score (nSPS) is 11.3. The summed E-state index contributed by atoms with van der Waals surface area (Å²) in [6, 6.07) is 22.9. The van der Waals surface area contributed by atoms with E-state index in [1.54, 1.807) is 12.1 Å². The molecule has 3 rings (SSSR count). The van der Waals surface area contributed by atoms with Crippen LogP contribution in [0.3, 0.4) is 0 Å². The summed E-state index contributed by atoms with van der Waals surface area (Å²) < 4.78 is 33.2. The molecule has 0 atom stereocenters. The molecule has 0 aliphatic rings. The van der Waals surface area contributed by atoms with Crippen molar-refractivity contribution in [3.05, 3.63) is 90.0 Å². The quantitative estimate of drug-likeness (QED) is 0.522. The third-order valence-corrected chi connectivity index (χ3v) is 6.07. The average molecular weight is 439 g/mol. The van der Waals surface area contributed by atoms with Crippen molar-refractivity contribution in [1.82, 2.24) is 4.72 Å². The fourth-order valence-corrected chi connectivity index (χ4v) is 4.02. The van der Waals surface area contributed by atoms with E-state index in [-0.39, 0.29) is 29.9 Å². The largest absolute Gasteiger partial charge is 0.483 e. The van der Waals surface area contributed by atoms with Crippen molar-refractivity contribution in [3.63, 3.8) is 0 Å². The molecule has 7 heteroatoms. The first kappa shape index (κ1) is 22.5. The highest BCUT2D eigenvalue weighted by Gasteiger charge is 2.14. The molecule has 0 saturated heterocycles. The molecule has 31 heavy (non-hydrogen) atoms. The first-order chi connectivity index (χ1) is 14.8. The smallest absolute Gasteiger partial charge is 0.262 e. The zero-order valence-corrected chi connectivity index (χ0v) is 18.4. The number of ether oxygens (including phenoxy) is 1. The standard InChI is InChI=1S/C24H26N2O4S/c1-18(2)22-10-6-7-11-23(22)30-17-24(27)26-20-12-14-21(15-13-20)31(28,29)25-16-19-8-4-3-5-9-19/h3-15,18,25H,16-17H2,1-2H3,(H,26,27). The molecule has 1 amide bonds. The molecule has 3 aromatic rings. The van der Waals surface area contributed by atoms with Gasteiger partial charge in [-0.2, -0.15) is 0 Å². The first-order valence-electron chi connectivity index (χ1n) is 10.0. The van der Waals surface area contributed by atoms with Gasteiger partial charge in [0.25, 0.3) is 5.91 Å². The number of hydrogen-bond acceptors (Lipinski definition) is 4. The maximum absolute atomic E-state index is 12.5. The summed E-state index contributed by atoms with van der Waals surface area (Å²) in [6.45, 7) is 4.19. The summed E-state index contributed by atoms with van der Waals surface area (Å²) in [4.78, 5) is 12.4. The average Bonchev–Trinajstić information content (AvgIpc) is 2.77.